The van der Waals surface area contributed by atoms with Crippen LogP contribution in [0.4, 0.5) is 0 Å². The van der Waals surface area contributed by atoms with Gasteiger partial charge in [0.15, 0.2) is 5.78 Å². The van der Waals surface area contributed by atoms with Crippen LogP contribution in [0.15, 0.2) is 66.7 Å². The minimum atomic E-state index is -0.126. The summed E-state index contributed by atoms with van der Waals surface area (Å²) < 4.78 is 10.4. The molecule has 0 saturated carbocycles. The van der Waals surface area contributed by atoms with Gasteiger partial charge in [-0.05, 0) is 46.7 Å². The number of carbonyl (C=O) groups excluding carboxylic acids is 1. The van der Waals surface area contributed by atoms with Crippen molar-refractivity contribution >= 4 is 22.6 Å². The molecule has 120 valence electrons. The molecule has 3 nitrogen and oxygen atoms in total. The third-order valence-corrected chi connectivity index (χ3v) is 3.87. The second-order valence-corrected chi connectivity index (χ2v) is 5.37. The van der Waals surface area contributed by atoms with Gasteiger partial charge in [0, 0.05) is 0 Å². The van der Waals surface area contributed by atoms with Gasteiger partial charge >= 0.3 is 0 Å². The van der Waals surface area contributed by atoms with Gasteiger partial charge in [0.1, 0.15) is 11.5 Å². The number of hydrogen-bond acceptors (Lipinski definition) is 3. The summed E-state index contributed by atoms with van der Waals surface area (Å²) in [5.74, 6) is 1.03. The summed E-state index contributed by atoms with van der Waals surface area (Å²) in [7, 11) is 3.12. The molecular formula is C21H18O3. The first kappa shape index (κ1) is 15.8. The highest BCUT2D eigenvalue weighted by Gasteiger charge is 2.11. The zero-order chi connectivity index (χ0) is 16.9. The number of carbonyl (C=O) groups is 1. The van der Waals surface area contributed by atoms with Crippen LogP contribution in [-0.2, 0) is 0 Å². The molecule has 0 atom stereocenters. The minimum Gasteiger partial charge on any atom is -0.497 e. The maximum Gasteiger partial charge on any atom is 0.189 e. The number of rotatable bonds is 5. The van der Waals surface area contributed by atoms with Crippen LogP contribution in [-0.4, -0.2) is 20.0 Å². The number of benzene rings is 3. The fourth-order valence-electron chi connectivity index (χ4n) is 2.58. The Balaban J connectivity index is 1.89. The monoisotopic (exact) mass is 318 g/mol. The van der Waals surface area contributed by atoms with E-state index >= 15 is 0 Å². The van der Waals surface area contributed by atoms with Crippen molar-refractivity contribution in [3.63, 3.8) is 0 Å². The lowest BCUT2D eigenvalue weighted by Crippen LogP contribution is -1.99. The van der Waals surface area contributed by atoms with Gasteiger partial charge in [-0.15, -0.1) is 0 Å². The van der Waals surface area contributed by atoms with Crippen molar-refractivity contribution in [3.8, 4) is 11.5 Å². The van der Waals surface area contributed by atoms with Crippen molar-refractivity contribution in [2.75, 3.05) is 14.2 Å². The SMILES string of the molecule is COc1ccc(OC)c(C(=O)C=Cc2ccc3ccccc3c2)c1. The first-order chi connectivity index (χ1) is 11.7. The molecule has 3 aromatic rings. The van der Waals surface area contributed by atoms with E-state index in [1.54, 1.807) is 38.5 Å². The van der Waals surface area contributed by atoms with Crippen LogP contribution in [0.25, 0.3) is 16.8 Å². The number of methoxy groups -OCH3 is 2. The Bertz CT molecular complexity index is 910. The van der Waals surface area contributed by atoms with E-state index < -0.39 is 0 Å². The van der Waals surface area contributed by atoms with Crippen LogP contribution >= 0.6 is 0 Å². The van der Waals surface area contributed by atoms with Crippen molar-refractivity contribution in [1.29, 1.82) is 0 Å². The van der Waals surface area contributed by atoms with Crippen molar-refractivity contribution in [1.82, 2.24) is 0 Å². The van der Waals surface area contributed by atoms with E-state index in [0.717, 1.165) is 10.9 Å². The smallest absolute Gasteiger partial charge is 0.189 e. The quantitative estimate of drug-likeness (QED) is 0.503. The Morgan fingerprint density at radius 1 is 0.875 bits per heavy atom. The van der Waals surface area contributed by atoms with Gasteiger partial charge in [0.05, 0.1) is 19.8 Å². The molecule has 0 spiro atoms. The third kappa shape index (κ3) is 3.30. The molecule has 0 N–H and O–H groups in total. The average molecular weight is 318 g/mol. The Kier molecular flexibility index (Phi) is 4.62. The van der Waals surface area contributed by atoms with Crippen LogP contribution < -0.4 is 9.47 Å². The number of fused-ring (bicyclic) bond motifs is 1. The summed E-state index contributed by atoms with van der Waals surface area (Å²) in [6.45, 7) is 0. The van der Waals surface area contributed by atoms with Gasteiger partial charge in [0.2, 0.25) is 0 Å². The lowest BCUT2D eigenvalue weighted by Gasteiger charge is -2.07. The zero-order valence-electron chi connectivity index (χ0n) is 13.7. The average Bonchev–Trinajstić information content (AvgIpc) is 2.65. The largest absolute Gasteiger partial charge is 0.497 e. The van der Waals surface area contributed by atoms with E-state index in [0.29, 0.717) is 17.1 Å². The Hall–Kier alpha value is -3.07. The number of hydrogen-bond donors (Lipinski definition) is 0. The molecule has 0 saturated heterocycles. The fourth-order valence-corrected chi connectivity index (χ4v) is 2.58. The first-order valence-corrected chi connectivity index (χ1v) is 7.64. The van der Waals surface area contributed by atoms with Gasteiger partial charge < -0.3 is 9.47 Å². The predicted octanol–water partition coefficient (Wildman–Crippen LogP) is 4.75. The Morgan fingerprint density at radius 2 is 1.67 bits per heavy atom. The fraction of sp³-hybridized carbons (Fsp3) is 0.0952. The van der Waals surface area contributed by atoms with Gasteiger partial charge in [-0.1, -0.05) is 42.5 Å². The van der Waals surface area contributed by atoms with Gasteiger partial charge in [-0.3, -0.25) is 4.79 Å². The molecule has 3 rings (SSSR count). The summed E-state index contributed by atoms with van der Waals surface area (Å²) in [5.41, 5.74) is 1.46. The lowest BCUT2D eigenvalue weighted by atomic mass is 10.0. The lowest BCUT2D eigenvalue weighted by molar-refractivity contribution is 0.104. The normalized spacial score (nSPS) is 10.9. The van der Waals surface area contributed by atoms with E-state index in [1.807, 2.05) is 30.3 Å². The van der Waals surface area contributed by atoms with Gasteiger partial charge in [-0.25, -0.2) is 0 Å². The maximum atomic E-state index is 12.5. The molecule has 0 amide bonds. The van der Waals surface area contributed by atoms with Crippen LogP contribution in [0.3, 0.4) is 0 Å². The van der Waals surface area contributed by atoms with E-state index in [2.05, 4.69) is 18.2 Å². The molecule has 0 heterocycles. The standard InChI is InChI=1S/C21H18O3/c1-23-18-10-12-21(24-2)19(14-18)20(22)11-8-15-7-9-16-5-3-4-6-17(16)13-15/h3-14H,1-2H3. The van der Waals surface area contributed by atoms with Gasteiger partial charge in [-0.2, -0.15) is 0 Å². The second-order valence-electron chi connectivity index (χ2n) is 5.37. The Morgan fingerprint density at radius 3 is 2.42 bits per heavy atom. The molecule has 24 heavy (non-hydrogen) atoms. The maximum absolute atomic E-state index is 12.5. The van der Waals surface area contributed by atoms with Gasteiger partial charge in [0.25, 0.3) is 0 Å². The zero-order valence-corrected chi connectivity index (χ0v) is 13.7. The molecular weight excluding hydrogens is 300 g/mol. The summed E-state index contributed by atoms with van der Waals surface area (Å²) in [6.07, 6.45) is 3.37. The van der Waals surface area contributed by atoms with Crippen LogP contribution in [0.5, 0.6) is 11.5 Å². The van der Waals surface area contributed by atoms with E-state index in [-0.39, 0.29) is 5.78 Å². The highest BCUT2D eigenvalue weighted by molar-refractivity contribution is 6.09. The van der Waals surface area contributed by atoms with Crippen LogP contribution in [0.1, 0.15) is 15.9 Å². The van der Waals surface area contributed by atoms with E-state index in [1.165, 1.54) is 5.39 Å². The molecule has 3 heteroatoms. The van der Waals surface area contributed by atoms with Crippen LogP contribution in [0.2, 0.25) is 0 Å². The number of allylic oxidation sites excluding steroid dienone is 1. The highest BCUT2D eigenvalue weighted by atomic mass is 16.5. The molecule has 0 aliphatic carbocycles. The van der Waals surface area contributed by atoms with E-state index in [9.17, 15) is 4.79 Å². The molecule has 0 fully saturated rings. The number of ketones is 1. The predicted molar refractivity (Wildman–Crippen MR) is 96.9 cm³/mol. The molecule has 0 aliphatic rings. The molecule has 0 aromatic heterocycles. The molecule has 0 radical (unpaired) electrons. The van der Waals surface area contributed by atoms with Crippen molar-refractivity contribution in [2.45, 2.75) is 0 Å². The summed E-state index contributed by atoms with van der Waals surface area (Å²) in [4.78, 5) is 12.5. The van der Waals surface area contributed by atoms with Crippen LogP contribution in [0, 0.1) is 0 Å². The minimum absolute atomic E-state index is 0.126. The Labute approximate surface area is 141 Å². The number of ether oxygens (including phenoxy) is 2. The first-order valence-electron chi connectivity index (χ1n) is 7.64. The highest BCUT2D eigenvalue weighted by Crippen LogP contribution is 2.25. The summed E-state index contributed by atoms with van der Waals surface area (Å²) in [5, 5.41) is 2.32. The molecule has 3 aromatic carbocycles. The molecule has 0 unspecified atom stereocenters. The van der Waals surface area contributed by atoms with E-state index in [4.69, 9.17) is 9.47 Å². The van der Waals surface area contributed by atoms with Crippen molar-refractivity contribution in [3.05, 3.63) is 77.9 Å². The third-order valence-electron chi connectivity index (χ3n) is 3.87. The van der Waals surface area contributed by atoms with Crippen molar-refractivity contribution in [2.24, 2.45) is 0 Å². The summed E-state index contributed by atoms with van der Waals surface area (Å²) >= 11 is 0. The second kappa shape index (κ2) is 7.01. The summed E-state index contributed by atoms with van der Waals surface area (Å²) in [6, 6.07) is 19.4. The molecule has 0 aliphatic heterocycles. The molecule has 0 bridgehead atoms. The van der Waals surface area contributed by atoms with Crippen molar-refractivity contribution < 1.29 is 14.3 Å². The topological polar surface area (TPSA) is 35.5 Å².